The Balaban J connectivity index is 2.64. The summed E-state index contributed by atoms with van der Waals surface area (Å²) in [5.41, 5.74) is -1.12. The van der Waals surface area contributed by atoms with Crippen LogP contribution in [0.2, 0.25) is 0 Å². The number of hydrogen-bond acceptors (Lipinski definition) is 6. The van der Waals surface area contributed by atoms with Gasteiger partial charge in [-0.05, 0) is 26.0 Å². The number of ketones is 1. The number of carbonyl (C=O) groups excluding carboxylic acids is 1. The lowest BCUT2D eigenvalue weighted by atomic mass is 10.0. The van der Waals surface area contributed by atoms with E-state index in [-0.39, 0.29) is 5.78 Å². The first-order chi connectivity index (χ1) is 9.33. The number of phosphoric acid groups is 1. The van der Waals surface area contributed by atoms with E-state index < -0.39 is 20.0 Å². The number of benzene rings is 1. The van der Waals surface area contributed by atoms with Gasteiger partial charge in [-0.25, -0.2) is 4.57 Å². The van der Waals surface area contributed by atoms with Crippen molar-refractivity contribution in [3.8, 4) is 5.75 Å². The molecule has 20 heavy (non-hydrogen) atoms. The van der Waals surface area contributed by atoms with E-state index in [0.717, 1.165) is 0 Å². The molecule has 0 fully saturated rings. The molecule has 1 aromatic rings. The molecule has 0 saturated carbocycles. The van der Waals surface area contributed by atoms with Crippen LogP contribution in [0.25, 0.3) is 0 Å². The van der Waals surface area contributed by atoms with Gasteiger partial charge in [0.2, 0.25) is 5.78 Å². The molecule has 0 aliphatic heterocycles. The van der Waals surface area contributed by atoms with Crippen LogP contribution in [0.1, 0.15) is 13.8 Å². The summed E-state index contributed by atoms with van der Waals surface area (Å²) >= 11 is 0. The lowest BCUT2D eigenvalue weighted by molar-refractivity contribution is -0.134. The molecule has 0 heterocycles. The summed E-state index contributed by atoms with van der Waals surface area (Å²) in [4.78, 5) is 12.1. The number of rotatable bonds is 8. The van der Waals surface area contributed by atoms with E-state index >= 15 is 0 Å². The van der Waals surface area contributed by atoms with E-state index in [4.69, 9.17) is 9.26 Å². The van der Waals surface area contributed by atoms with Crippen molar-refractivity contribution < 1.29 is 27.7 Å². The molecular weight excluding hydrogens is 283 g/mol. The van der Waals surface area contributed by atoms with Crippen LogP contribution in [-0.4, -0.2) is 32.2 Å². The SMILES string of the molecule is COP(=O)(OC)OCC(=O)C(C)(C)Oc1ccccc1. The zero-order valence-corrected chi connectivity index (χ0v) is 12.9. The fourth-order valence-electron chi connectivity index (χ4n) is 1.33. The van der Waals surface area contributed by atoms with Gasteiger partial charge in [-0.2, -0.15) is 0 Å². The van der Waals surface area contributed by atoms with E-state index in [9.17, 15) is 9.36 Å². The lowest BCUT2D eigenvalue weighted by Crippen LogP contribution is -2.40. The number of ether oxygens (including phenoxy) is 1. The highest BCUT2D eigenvalue weighted by atomic mass is 31.2. The molecular formula is C13H19O6P. The van der Waals surface area contributed by atoms with Crippen molar-refractivity contribution in [2.45, 2.75) is 19.4 Å². The van der Waals surface area contributed by atoms with Crippen LogP contribution in [0.3, 0.4) is 0 Å². The Hall–Kier alpha value is -1.20. The molecule has 7 heteroatoms. The minimum Gasteiger partial charge on any atom is -0.480 e. The molecule has 1 rings (SSSR count). The third kappa shape index (κ3) is 4.72. The highest BCUT2D eigenvalue weighted by Crippen LogP contribution is 2.47. The van der Waals surface area contributed by atoms with Gasteiger partial charge in [0, 0.05) is 14.2 Å². The van der Waals surface area contributed by atoms with Crippen molar-refractivity contribution in [2.75, 3.05) is 20.8 Å². The lowest BCUT2D eigenvalue weighted by Gasteiger charge is -2.25. The first-order valence-electron chi connectivity index (χ1n) is 5.96. The van der Waals surface area contributed by atoms with Gasteiger partial charge in [0.25, 0.3) is 0 Å². The average Bonchev–Trinajstić information content (AvgIpc) is 2.45. The molecule has 112 valence electrons. The largest absolute Gasteiger partial charge is 0.480 e. The Labute approximate surface area is 118 Å². The van der Waals surface area contributed by atoms with Crippen LogP contribution in [0.15, 0.2) is 30.3 Å². The molecule has 0 aliphatic carbocycles. The summed E-state index contributed by atoms with van der Waals surface area (Å²) in [6.45, 7) is 2.78. The summed E-state index contributed by atoms with van der Waals surface area (Å²) in [6.07, 6.45) is 0. The third-order valence-electron chi connectivity index (χ3n) is 2.59. The Morgan fingerprint density at radius 2 is 1.70 bits per heavy atom. The summed E-state index contributed by atoms with van der Waals surface area (Å²) in [5.74, 6) is 0.184. The highest BCUT2D eigenvalue weighted by molar-refractivity contribution is 7.48. The van der Waals surface area contributed by atoms with Crippen LogP contribution in [-0.2, 0) is 22.9 Å². The molecule has 0 unspecified atom stereocenters. The fourth-order valence-corrected chi connectivity index (χ4v) is 1.97. The van der Waals surface area contributed by atoms with E-state index in [1.54, 1.807) is 38.1 Å². The minimum atomic E-state index is -3.66. The number of hydrogen-bond donors (Lipinski definition) is 0. The Kier molecular flexibility index (Phi) is 5.89. The average molecular weight is 302 g/mol. The molecule has 0 radical (unpaired) electrons. The van der Waals surface area contributed by atoms with Gasteiger partial charge < -0.3 is 4.74 Å². The van der Waals surface area contributed by atoms with Crippen LogP contribution in [0, 0.1) is 0 Å². The monoisotopic (exact) mass is 302 g/mol. The third-order valence-corrected chi connectivity index (χ3v) is 3.93. The molecule has 0 saturated heterocycles. The standard InChI is InChI=1S/C13H19O6P/c1-13(2,19-11-8-6-5-7-9-11)12(14)10-18-20(15,16-3)17-4/h5-9H,10H2,1-4H3. The maximum Gasteiger partial charge on any atom is 0.474 e. The summed E-state index contributed by atoms with van der Waals surface area (Å²) in [7, 11) is -1.30. The normalized spacial score (nSPS) is 12.2. The summed E-state index contributed by atoms with van der Waals surface area (Å²) in [5, 5.41) is 0. The second-order valence-corrected chi connectivity index (χ2v) is 6.32. The van der Waals surface area contributed by atoms with E-state index in [1.807, 2.05) is 6.07 Å². The first-order valence-corrected chi connectivity index (χ1v) is 7.42. The molecule has 0 N–H and O–H groups in total. The van der Waals surface area contributed by atoms with Crippen molar-refractivity contribution in [1.82, 2.24) is 0 Å². The van der Waals surface area contributed by atoms with Gasteiger partial charge in [0.15, 0.2) is 5.60 Å². The van der Waals surface area contributed by atoms with Crippen LogP contribution in [0.5, 0.6) is 5.75 Å². The number of Topliss-reactive ketones (excluding diaryl/α,β-unsaturated/α-hetero) is 1. The number of phosphoric ester groups is 1. The summed E-state index contributed by atoms with van der Waals surface area (Å²) < 4.78 is 31.3. The van der Waals surface area contributed by atoms with E-state index in [1.165, 1.54) is 14.2 Å². The highest BCUT2D eigenvalue weighted by Gasteiger charge is 2.33. The van der Waals surface area contributed by atoms with Crippen molar-refractivity contribution in [3.63, 3.8) is 0 Å². The van der Waals surface area contributed by atoms with Crippen LogP contribution in [0.4, 0.5) is 0 Å². The van der Waals surface area contributed by atoms with Gasteiger partial charge in [0.1, 0.15) is 12.4 Å². The van der Waals surface area contributed by atoms with Crippen LogP contribution < -0.4 is 4.74 Å². The number of para-hydroxylation sites is 1. The molecule has 0 aliphatic rings. The smallest absolute Gasteiger partial charge is 0.474 e. The predicted octanol–water partition coefficient (Wildman–Crippen LogP) is 2.83. The summed E-state index contributed by atoms with van der Waals surface area (Å²) in [6, 6.07) is 8.93. The van der Waals surface area contributed by atoms with E-state index in [2.05, 4.69) is 9.05 Å². The zero-order chi connectivity index (χ0) is 15.2. The molecule has 0 spiro atoms. The van der Waals surface area contributed by atoms with Gasteiger partial charge in [-0.3, -0.25) is 18.4 Å². The quantitative estimate of drug-likeness (QED) is 0.688. The van der Waals surface area contributed by atoms with Crippen molar-refractivity contribution >= 4 is 13.6 Å². The first kappa shape index (κ1) is 16.9. The van der Waals surface area contributed by atoms with Gasteiger partial charge in [-0.1, -0.05) is 18.2 Å². The molecule has 0 amide bonds. The molecule has 0 atom stereocenters. The topological polar surface area (TPSA) is 71.1 Å². The van der Waals surface area contributed by atoms with Gasteiger partial charge in [0.05, 0.1) is 0 Å². The van der Waals surface area contributed by atoms with Crippen LogP contribution >= 0.6 is 7.82 Å². The fraction of sp³-hybridized carbons (Fsp3) is 0.462. The Morgan fingerprint density at radius 3 is 2.20 bits per heavy atom. The molecule has 1 aromatic carbocycles. The molecule has 0 aromatic heterocycles. The van der Waals surface area contributed by atoms with E-state index in [0.29, 0.717) is 5.75 Å². The van der Waals surface area contributed by atoms with Gasteiger partial charge >= 0.3 is 7.82 Å². The number of carbonyl (C=O) groups is 1. The van der Waals surface area contributed by atoms with Crippen molar-refractivity contribution in [1.29, 1.82) is 0 Å². The predicted molar refractivity (Wildman–Crippen MR) is 73.7 cm³/mol. The second kappa shape index (κ2) is 6.99. The second-order valence-electron chi connectivity index (χ2n) is 4.43. The Morgan fingerprint density at radius 1 is 1.15 bits per heavy atom. The maximum atomic E-state index is 12.1. The van der Waals surface area contributed by atoms with Crippen molar-refractivity contribution in [2.24, 2.45) is 0 Å². The minimum absolute atomic E-state index is 0.379. The maximum absolute atomic E-state index is 12.1. The zero-order valence-electron chi connectivity index (χ0n) is 12.0. The van der Waals surface area contributed by atoms with Crippen molar-refractivity contribution in [3.05, 3.63) is 30.3 Å². The molecule has 0 bridgehead atoms. The van der Waals surface area contributed by atoms with Gasteiger partial charge in [-0.15, -0.1) is 0 Å². The Bertz CT molecular complexity index is 477. The molecule has 6 nitrogen and oxygen atoms in total.